The summed E-state index contributed by atoms with van der Waals surface area (Å²) in [5.74, 6) is 0.789. The maximum absolute atomic E-state index is 4.58. The molecule has 3 unspecified atom stereocenters. The molecule has 0 spiro atoms. The Labute approximate surface area is 111 Å². The van der Waals surface area contributed by atoms with Gasteiger partial charge < -0.3 is 10.2 Å². The summed E-state index contributed by atoms with van der Waals surface area (Å²) in [5.41, 5.74) is 2.38. The van der Waals surface area contributed by atoms with Gasteiger partial charge in [-0.25, -0.2) is 0 Å². The average molecular weight is 247 g/mol. The van der Waals surface area contributed by atoms with Crippen molar-refractivity contribution >= 4 is 5.69 Å². The molecule has 1 saturated heterocycles. The first-order chi connectivity index (χ1) is 8.61. The predicted molar refractivity (Wildman–Crippen MR) is 76.9 cm³/mol. The van der Waals surface area contributed by atoms with Gasteiger partial charge in [0, 0.05) is 18.6 Å². The van der Waals surface area contributed by atoms with Gasteiger partial charge in [0.2, 0.25) is 0 Å². The molecule has 1 aliphatic heterocycles. The summed E-state index contributed by atoms with van der Waals surface area (Å²) in [4.78, 5) is 7.07. The topological polar surface area (TPSA) is 28.2 Å². The van der Waals surface area contributed by atoms with Crippen LogP contribution < -0.4 is 10.2 Å². The summed E-state index contributed by atoms with van der Waals surface area (Å²) in [6, 6.07) is 5.31. The Morgan fingerprint density at radius 2 is 2.11 bits per heavy atom. The molecule has 1 aliphatic rings. The molecular weight excluding hydrogens is 222 g/mol. The van der Waals surface area contributed by atoms with Gasteiger partial charge in [-0.3, -0.25) is 4.98 Å². The highest BCUT2D eigenvalue weighted by atomic mass is 15.2. The number of hydrogen-bond acceptors (Lipinski definition) is 3. The van der Waals surface area contributed by atoms with Crippen LogP contribution in [0.1, 0.15) is 45.3 Å². The van der Waals surface area contributed by atoms with Crippen molar-refractivity contribution < 1.29 is 0 Å². The van der Waals surface area contributed by atoms with Crippen LogP contribution in [0.15, 0.2) is 18.3 Å². The van der Waals surface area contributed by atoms with E-state index in [1.54, 1.807) is 0 Å². The third-order valence-electron chi connectivity index (χ3n) is 4.10. The summed E-state index contributed by atoms with van der Waals surface area (Å²) < 4.78 is 0. The zero-order valence-corrected chi connectivity index (χ0v) is 12.0. The largest absolute Gasteiger partial charge is 0.367 e. The van der Waals surface area contributed by atoms with Crippen LogP contribution in [-0.4, -0.2) is 24.6 Å². The van der Waals surface area contributed by atoms with Crippen LogP contribution in [0.4, 0.5) is 5.69 Å². The van der Waals surface area contributed by atoms with E-state index in [9.17, 15) is 0 Å². The van der Waals surface area contributed by atoms with Gasteiger partial charge in [0.05, 0.1) is 17.6 Å². The number of pyridine rings is 1. The van der Waals surface area contributed by atoms with E-state index < -0.39 is 0 Å². The highest BCUT2D eigenvalue weighted by molar-refractivity contribution is 5.46. The minimum absolute atomic E-state index is 0.316. The Morgan fingerprint density at radius 1 is 1.33 bits per heavy atom. The SMILES string of the molecule is CNC(C)c1ccc(N2CC(C)CCC2C)cn1. The van der Waals surface area contributed by atoms with Crippen molar-refractivity contribution in [1.82, 2.24) is 10.3 Å². The molecule has 1 aromatic heterocycles. The standard InChI is InChI=1S/C15H25N3/c1-11-5-6-12(2)18(10-11)14-7-8-15(17-9-14)13(3)16-4/h7-9,11-13,16H,5-6,10H2,1-4H3. The molecule has 2 rings (SSSR count). The van der Waals surface area contributed by atoms with Gasteiger partial charge in [-0.05, 0) is 51.8 Å². The van der Waals surface area contributed by atoms with E-state index in [4.69, 9.17) is 0 Å². The van der Waals surface area contributed by atoms with Crippen LogP contribution in [0.25, 0.3) is 0 Å². The molecule has 0 bridgehead atoms. The number of rotatable bonds is 3. The minimum Gasteiger partial charge on any atom is -0.367 e. The summed E-state index contributed by atoms with van der Waals surface area (Å²) >= 11 is 0. The first-order valence-electron chi connectivity index (χ1n) is 7.01. The molecule has 0 radical (unpaired) electrons. The smallest absolute Gasteiger partial charge is 0.0571 e. The maximum atomic E-state index is 4.58. The van der Waals surface area contributed by atoms with E-state index in [0.717, 1.165) is 18.2 Å². The highest BCUT2D eigenvalue weighted by Crippen LogP contribution is 2.27. The van der Waals surface area contributed by atoms with E-state index in [1.807, 2.05) is 13.2 Å². The van der Waals surface area contributed by atoms with Crippen molar-refractivity contribution in [3.63, 3.8) is 0 Å². The van der Waals surface area contributed by atoms with E-state index in [2.05, 4.69) is 48.1 Å². The van der Waals surface area contributed by atoms with Gasteiger partial charge in [-0.2, -0.15) is 0 Å². The first-order valence-corrected chi connectivity index (χ1v) is 7.01. The molecular formula is C15H25N3. The number of hydrogen-bond donors (Lipinski definition) is 1. The van der Waals surface area contributed by atoms with Gasteiger partial charge in [0.1, 0.15) is 0 Å². The molecule has 0 saturated carbocycles. The van der Waals surface area contributed by atoms with Gasteiger partial charge in [-0.15, -0.1) is 0 Å². The van der Waals surface area contributed by atoms with Crippen molar-refractivity contribution in [3.8, 4) is 0 Å². The lowest BCUT2D eigenvalue weighted by atomic mass is 9.94. The molecule has 1 fully saturated rings. The molecule has 2 heterocycles. The molecule has 1 N–H and O–H groups in total. The zero-order valence-electron chi connectivity index (χ0n) is 12.0. The Balaban J connectivity index is 2.13. The molecule has 18 heavy (non-hydrogen) atoms. The quantitative estimate of drug-likeness (QED) is 0.890. The van der Waals surface area contributed by atoms with Crippen LogP contribution >= 0.6 is 0 Å². The zero-order chi connectivity index (χ0) is 13.1. The molecule has 3 atom stereocenters. The molecule has 3 nitrogen and oxygen atoms in total. The summed E-state index contributed by atoms with van der Waals surface area (Å²) in [7, 11) is 1.97. The normalized spacial score (nSPS) is 26.1. The molecule has 3 heteroatoms. The van der Waals surface area contributed by atoms with Crippen LogP contribution in [0.5, 0.6) is 0 Å². The average Bonchev–Trinajstić information content (AvgIpc) is 2.41. The van der Waals surface area contributed by atoms with Crippen LogP contribution in [0, 0.1) is 5.92 Å². The summed E-state index contributed by atoms with van der Waals surface area (Å²) in [6.07, 6.45) is 4.66. The fourth-order valence-corrected chi connectivity index (χ4v) is 2.62. The van der Waals surface area contributed by atoms with Crippen LogP contribution in [0.3, 0.4) is 0 Å². The number of anilines is 1. The number of piperidine rings is 1. The van der Waals surface area contributed by atoms with Crippen molar-refractivity contribution in [3.05, 3.63) is 24.0 Å². The Bertz CT molecular complexity index is 374. The molecule has 0 amide bonds. The van der Waals surface area contributed by atoms with Crippen molar-refractivity contribution in [2.24, 2.45) is 5.92 Å². The van der Waals surface area contributed by atoms with Crippen molar-refractivity contribution in [2.45, 2.75) is 45.7 Å². The number of nitrogens with zero attached hydrogens (tertiary/aromatic N) is 2. The first kappa shape index (κ1) is 13.3. The lowest BCUT2D eigenvalue weighted by molar-refractivity contribution is 0.390. The number of aromatic nitrogens is 1. The maximum Gasteiger partial charge on any atom is 0.0571 e. The third-order valence-corrected chi connectivity index (χ3v) is 4.10. The second-order valence-electron chi connectivity index (χ2n) is 5.64. The lowest BCUT2D eigenvalue weighted by Crippen LogP contribution is -2.41. The van der Waals surface area contributed by atoms with E-state index >= 15 is 0 Å². The predicted octanol–water partition coefficient (Wildman–Crippen LogP) is 2.99. The Kier molecular flexibility index (Phi) is 4.23. The summed E-state index contributed by atoms with van der Waals surface area (Å²) in [5, 5.41) is 3.22. The second-order valence-corrected chi connectivity index (χ2v) is 5.64. The van der Waals surface area contributed by atoms with Gasteiger partial charge >= 0.3 is 0 Å². The number of nitrogens with one attached hydrogen (secondary N) is 1. The van der Waals surface area contributed by atoms with Crippen LogP contribution in [0.2, 0.25) is 0 Å². The van der Waals surface area contributed by atoms with E-state index in [0.29, 0.717) is 12.1 Å². The minimum atomic E-state index is 0.316. The fraction of sp³-hybridized carbons (Fsp3) is 0.667. The molecule has 100 valence electrons. The third kappa shape index (κ3) is 2.83. The Hall–Kier alpha value is -1.09. The van der Waals surface area contributed by atoms with Gasteiger partial charge in [0.25, 0.3) is 0 Å². The highest BCUT2D eigenvalue weighted by Gasteiger charge is 2.23. The second kappa shape index (κ2) is 5.70. The summed E-state index contributed by atoms with van der Waals surface area (Å²) in [6.45, 7) is 7.94. The lowest BCUT2D eigenvalue weighted by Gasteiger charge is -2.38. The molecule has 0 aromatic carbocycles. The molecule has 1 aromatic rings. The Morgan fingerprint density at radius 3 is 2.72 bits per heavy atom. The van der Waals surface area contributed by atoms with Crippen molar-refractivity contribution in [2.75, 3.05) is 18.5 Å². The van der Waals surface area contributed by atoms with E-state index in [-0.39, 0.29) is 0 Å². The molecule has 0 aliphatic carbocycles. The monoisotopic (exact) mass is 247 g/mol. The van der Waals surface area contributed by atoms with E-state index in [1.165, 1.54) is 18.5 Å². The van der Waals surface area contributed by atoms with Crippen molar-refractivity contribution in [1.29, 1.82) is 0 Å². The van der Waals surface area contributed by atoms with Gasteiger partial charge in [-0.1, -0.05) is 6.92 Å². The van der Waals surface area contributed by atoms with Gasteiger partial charge in [0.15, 0.2) is 0 Å². The van der Waals surface area contributed by atoms with Crippen LogP contribution in [-0.2, 0) is 0 Å². The fourth-order valence-electron chi connectivity index (χ4n) is 2.62.